The van der Waals surface area contributed by atoms with E-state index in [1.165, 1.54) is 11.1 Å². The molecule has 0 radical (unpaired) electrons. The van der Waals surface area contributed by atoms with Gasteiger partial charge in [-0.05, 0) is 34.5 Å². The van der Waals surface area contributed by atoms with Crippen molar-refractivity contribution in [1.29, 1.82) is 0 Å². The predicted molar refractivity (Wildman–Crippen MR) is 79.2 cm³/mol. The van der Waals surface area contributed by atoms with E-state index >= 15 is 0 Å². The van der Waals surface area contributed by atoms with Crippen LogP contribution in [0.2, 0.25) is 0 Å². The minimum absolute atomic E-state index is 0.789. The summed E-state index contributed by atoms with van der Waals surface area (Å²) in [5.41, 5.74) is 2.21. The molecule has 0 aliphatic heterocycles. The number of nitrogens with zero attached hydrogens (tertiary/aromatic N) is 2. The number of anilines is 1. The number of methoxy groups -OCH3 is 1. The lowest BCUT2D eigenvalue weighted by atomic mass is 10.1. The highest BCUT2D eigenvalue weighted by atomic mass is 79.9. The van der Waals surface area contributed by atoms with Gasteiger partial charge >= 0.3 is 0 Å². The van der Waals surface area contributed by atoms with Gasteiger partial charge in [0.2, 0.25) is 0 Å². The molecular weight excluding hydrogens is 292 g/mol. The van der Waals surface area contributed by atoms with Crippen molar-refractivity contribution in [3.8, 4) is 0 Å². The molecular formula is C14H17BrN2O. The molecule has 0 aliphatic rings. The summed E-state index contributed by atoms with van der Waals surface area (Å²) in [6.45, 7) is 1.76. The molecule has 3 nitrogen and oxygen atoms in total. The van der Waals surface area contributed by atoms with Crippen LogP contribution in [-0.4, -0.2) is 32.3 Å². The maximum atomic E-state index is 5.09. The summed E-state index contributed by atoms with van der Waals surface area (Å²) in [6, 6.07) is 8.22. The zero-order chi connectivity index (χ0) is 13.0. The Hall–Kier alpha value is -1.13. The van der Waals surface area contributed by atoms with Crippen molar-refractivity contribution >= 4 is 32.5 Å². The van der Waals surface area contributed by atoms with E-state index in [9.17, 15) is 0 Å². The summed E-state index contributed by atoms with van der Waals surface area (Å²) in [5.74, 6) is 0. The predicted octanol–water partition coefficient (Wildman–Crippen LogP) is 3.47. The smallest absolute Gasteiger partial charge is 0.0864 e. The van der Waals surface area contributed by atoms with E-state index in [2.05, 4.69) is 45.0 Å². The average molecular weight is 309 g/mol. The highest BCUT2D eigenvalue weighted by Crippen LogP contribution is 2.29. The molecule has 0 N–H and O–H groups in total. The van der Waals surface area contributed by atoms with Crippen molar-refractivity contribution in [2.24, 2.45) is 0 Å². The number of halogens is 1. The maximum Gasteiger partial charge on any atom is 0.0864 e. The number of benzene rings is 1. The lowest BCUT2D eigenvalue weighted by Crippen LogP contribution is -2.20. The number of rotatable bonds is 5. The zero-order valence-corrected chi connectivity index (χ0v) is 12.3. The average Bonchev–Trinajstić information content (AvgIpc) is 2.39. The molecule has 0 saturated heterocycles. The van der Waals surface area contributed by atoms with Crippen LogP contribution in [0.5, 0.6) is 0 Å². The number of para-hydroxylation sites is 1. The molecule has 96 valence electrons. The van der Waals surface area contributed by atoms with Crippen LogP contribution in [0.25, 0.3) is 10.9 Å². The van der Waals surface area contributed by atoms with E-state index in [1.54, 1.807) is 7.11 Å². The zero-order valence-electron chi connectivity index (χ0n) is 10.7. The summed E-state index contributed by atoms with van der Waals surface area (Å²) >= 11 is 3.54. The molecule has 0 aliphatic carbocycles. The number of hydrogen-bond donors (Lipinski definition) is 0. The molecule has 0 atom stereocenters. The number of fused-ring (bicyclic) bond motifs is 1. The highest BCUT2D eigenvalue weighted by Gasteiger charge is 2.08. The van der Waals surface area contributed by atoms with Crippen molar-refractivity contribution in [2.45, 2.75) is 6.42 Å². The second kappa shape index (κ2) is 6.16. The van der Waals surface area contributed by atoms with Crippen LogP contribution in [0.15, 0.2) is 34.9 Å². The summed E-state index contributed by atoms with van der Waals surface area (Å²) in [6.07, 6.45) is 2.88. The normalized spacial score (nSPS) is 10.8. The van der Waals surface area contributed by atoms with Gasteiger partial charge in [-0.1, -0.05) is 12.1 Å². The quantitative estimate of drug-likeness (QED) is 0.791. The Labute approximate surface area is 116 Å². The monoisotopic (exact) mass is 308 g/mol. The Morgan fingerprint density at radius 1 is 1.33 bits per heavy atom. The number of ether oxygens (including phenoxy) is 1. The van der Waals surface area contributed by atoms with E-state index in [0.717, 1.165) is 29.6 Å². The minimum atomic E-state index is 0.789. The summed E-state index contributed by atoms with van der Waals surface area (Å²) in [5, 5.41) is 1.17. The molecule has 1 aromatic heterocycles. The Morgan fingerprint density at radius 3 is 2.94 bits per heavy atom. The van der Waals surface area contributed by atoms with E-state index in [4.69, 9.17) is 4.74 Å². The molecule has 0 amide bonds. The number of aromatic nitrogens is 1. The van der Waals surface area contributed by atoms with E-state index in [0.29, 0.717) is 0 Å². The van der Waals surface area contributed by atoms with E-state index < -0.39 is 0 Å². The van der Waals surface area contributed by atoms with Gasteiger partial charge in [-0.25, -0.2) is 0 Å². The Kier molecular flexibility index (Phi) is 4.55. The van der Waals surface area contributed by atoms with Gasteiger partial charge in [0.1, 0.15) is 0 Å². The van der Waals surface area contributed by atoms with Crippen LogP contribution in [0, 0.1) is 0 Å². The second-order valence-corrected chi connectivity index (χ2v) is 5.09. The first kappa shape index (κ1) is 13.3. The van der Waals surface area contributed by atoms with Crippen molar-refractivity contribution < 1.29 is 4.74 Å². The van der Waals surface area contributed by atoms with E-state index in [1.807, 2.05) is 18.3 Å². The molecule has 0 bridgehead atoms. The summed E-state index contributed by atoms with van der Waals surface area (Å²) in [7, 11) is 3.84. The summed E-state index contributed by atoms with van der Waals surface area (Å²) < 4.78 is 6.12. The van der Waals surface area contributed by atoms with Gasteiger partial charge in [-0.2, -0.15) is 0 Å². The van der Waals surface area contributed by atoms with Crippen molar-refractivity contribution in [2.75, 3.05) is 32.2 Å². The van der Waals surface area contributed by atoms with Gasteiger partial charge < -0.3 is 9.64 Å². The van der Waals surface area contributed by atoms with Crippen molar-refractivity contribution in [1.82, 2.24) is 4.98 Å². The first-order valence-corrected chi connectivity index (χ1v) is 6.76. The minimum Gasteiger partial charge on any atom is -0.385 e. The molecule has 0 unspecified atom stereocenters. The van der Waals surface area contributed by atoms with Gasteiger partial charge in [0.15, 0.2) is 0 Å². The lowest BCUT2D eigenvalue weighted by molar-refractivity contribution is 0.196. The third-order valence-corrected chi connectivity index (χ3v) is 3.59. The molecule has 0 fully saturated rings. The van der Waals surface area contributed by atoms with Crippen LogP contribution in [0.3, 0.4) is 0 Å². The maximum absolute atomic E-state index is 5.09. The first-order valence-electron chi connectivity index (χ1n) is 5.97. The van der Waals surface area contributed by atoms with Crippen LogP contribution in [-0.2, 0) is 4.74 Å². The van der Waals surface area contributed by atoms with Gasteiger partial charge in [0.25, 0.3) is 0 Å². The van der Waals surface area contributed by atoms with Gasteiger partial charge in [0.05, 0.1) is 5.52 Å². The van der Waals surface area contributed by atoms with Gasteiger partial charge in [-0.3, -0.25) is 4.98 Å². The number of pyridine rings is 1. The van der Waals surface area contributed by atoms with Gasteiger partial charge in [0, 0.05) is 49.1 Å². The highest BCUT2D eigenvalue weighted by molar-refractivity contribution is 9.10. The van der Waals surface area contributed by atoms with E-state index in [-0.39, 0.29) is 0 Å². The summed E-state index contributed by atoms with van der Waals surface area (Å²) in [4.78, 5) is 6.67. The fourth-order valence-electron chi connectivity index (χ4n) is 2.02. The molecule has 2 aromatic rings. The second-order valence-electron chi connectivity index (χ2n) is 4.23. The molecule has 4 heteroatoms. The molecule has 0 spiro atoms. The Bertz CT molecular complexity index is 530. The van der Waals surface area contributed by atoms with Crippen LogP contribution < -0.4 is 4.90 Å². The van der Waals surface area contributed by atoms with Crippen molar-refractivity contribution in [3.05, 3.63) is 34.9 Å². The Balaban J connectivity index is 2.30. The Morgan fingerprint density at radius 2 is 2.17 bits per heavy atom. The van der Waals surface area contributed by atoms with Crippen LogP contribution >= 0.6 is 15.9 Å². The number of hydrogen-bond acceptors (Lipinski definition) is 3. The SMILES string of the molecule is COCCCN(C)c1ccnc2c(Br)cccc12. The third kappa shape index (κ3) is 2.82. The molecule has 1 heterocycles. The molecule has 2 rings (SSSR count). The molecule has 18 heavy (non-hydrogen) atoms. The largest absolute Gasteiger partial charge is 0.385 e. The third-order valence-electron chi connectivity index (χ3n) is 2.95. The topological polar surface area (TPSA) is 25.4 Å². The molecule has 1 aromatic carbocycles. The standard InChI is InChI=1S/C14H17BrN2O/c1-17(9-4-10-18-2)13-7-8-16-14-11(13)5-3-6-12(14)15/h3,5-8H,4,9-10H2,1-2H3. The van der Waals surface area contributed by atoms with Crippen molar-refractivity contribution in [3.63, 3.8) is 0 Å². The lowest BCUT2D eigenvalue weighted by Gasteiger charge is -2.21. The van der Waals surface area contributed by atoms with Gasteiger partial charge in [-0.15, -0.1) is 0 Å². The fourth-order valence-corrected chi connectivity index (χ4v) is 2.49. The molecule has 0 saturated carbocycles. The first-order chi connectivity index (χ1) is 8.74. The fraction of sp³-hybridized carbons (Fsp3) is 0.357. The van der Waals surface area contributed by atoms with Crippen LogP contribution in [0.1, 0.15) is 6.42 Å². The van der Waals surface area contributed by atoms with Crippen LogP contribution in [0.4, 0.5) is 5.69 Å².